The molecular weight excluding hydrogens is 554 g/mol. The van der Waals surface area contributed by atoms with Crippen LogP contribution in [0.25, 0.3) is 11.0 Å². The third-order valence-corrected chi connectivity index (χ3v) is 8.99. The number of nitrogen functional groups attached to an aromatic ring is 1. The van der Waals surface area contributed by atoms with E-state index in [1.807, 2.05) is 23.1 Å². The van der Waals surface area contributed by atoms with Crippen molar-refractivity contribution in [3.05, 3.63) is 41.1 Å². The van der Waals surface area contributed by atoms with Crippen molar-refractivity contribution >= 4 is 56.6 Å². The second kappa shape index (κ2) is 12.5. The number of imidazole rings is 1. The number of nitrogens with two attached hydrogens (primary N) is 1. The topological polar surface area (TPSA) is 128 Å². The minimum atomic E-state index is -0.463. The van der Waals surface area contributed by atoms with Crippen LogP contribution in [0.5, 0.6) is 5.75 Å². The molecule has 2 saturated heterocycles. The SMILES string of the molecule is C=S1CCN(C(=O)COc2ccc3c(c2)n(C[C@@H]2CCCO2)c(CNC(=O)c2nc(Cl)cnc2N)[n+]3CC)CC1. The number of anilines is 1. The van der Waals surface area contributed by atoms with E-state index >= 15 is 0 Å². The Morgan fingerprint density at radius 3 is 2.88 bits per heavy atom. The van der Waals surface area contributed by atoms with E-state index in [1.54, 1.807) is 0 Å². The first-order valence-corrected chi connectivity index (χ1v) is 15.6. The van der Waals surface area contributed by atoms with Crippen LogP contribution >= 0.6 is 22.1 Å². The second-order valence-electron chi connectivity index (χ2n) is 9.86. The van der Waals surface area contributed by atoms with E-state index in [9.17, 15) is 9.59 Å². The number of hydrogen-bond donors (Lipinski definition) is 2. The van der Waals surface area contributed by atoms with E-state index < -0.39 is 5.91 Å². The second-order valence-corrected chi connectivity index (χ2v) is 12.3. The lowest BCUT2D eigenvalue weighted by molar-refractivity contribution is -0.676. The quantitative estimate of drug-likeness (QED) is 0.289. The smallest absolute Gasteiger partial charge is 0.277 e. The largest absolute Gasteiger partial charge is 0.484 e. The lowest BCUT2D eigenvalue weighted by Gasteiger charge is -2.28. The Labute approximate surface area is 240 Å². The Morgan fingerprint density at radius 2 is 2.15 bits per heavy atom. The Bertz CT molecular complexity index is 1430. The lowest BCUT2D eigenvalue weighted by Crippen LogP contribution is -2.41. The molecule has 3 aromatic rings. The highest BCUT2D eigenvalue weighted by molar-refractivity contribution is 8.14. The van der Waals surface area contributed by atoms with Crippen LogP contribution in [0.2, 0.25) is 5.15 Å². The van der Waals surface area contributed by atoms with Crippen molar-refractivity contribution in [3.63, 3.8) is 0 Å². The molecule has 13 heteroatoms. The van der Waals surface area contributed by atoms with Gasteiger partial charge in [0.2, 0.25) is 0 Å². The maximum atomic E-state index is 13.0. The summed E-state index contributed by atoms with van der Waals surface area (Å²) in [6.45, 7) is 5.77. The number of carbonyl (C=O) groups is 2. The fourth-order valence-corrected chi connectivity index (χ4v) is 6.46. The summed E-state index contributed by atoms with van der Waals surface area (Å²) in [5.41, 5.74) is 7.78. The van der Waals surface area contributed by atoms with Gasteiger partial charge in [0.25, 0.3) is 17.6 Å². The van der Waals surface area contributed by atoms with Crippen LogP contribution in [0, 0.1) is 0 Å². The van der Waals surface area contributed by atoms with Crippen LogP contribution in [-0.4, -0.2) is 81.0 Å². The minimum absolute atomic E-state index is 0.0117. The zero-order valence-corrected chi connectivity index (χ0v) is 24.2. The molecule has 4 heterocycles. The molecule has 0 bridgehead atoms. The fraction of sp³-hybridized carbons (Fsp3) is 0.481. The van der Waals surface area contributed by atoms with Crippen LogP contribution in [0.15, 0.2) is 24.4 Å². The zero-order valence-electron chi connectivity index (χ0n) is 22.6. The number of carbonyl (C=O) groups excluding carboxylic acids is 2. The highest BCUT2D eigenvalue weighted by Crippen LogP contribution is 2.25. The van der Waals surface area contributed by atoms with Crippen LogP contribution in [-0.2, 0) is 29.2 Å². The standard InChI is InChI=1S/C27H34ClN7O4S/c1-3-34-20-7-6-18(39-17-24(36)33-8-11-40(2)12-9-33)13-21(20)35(16-19-5-4-10-38-19)23(34)15-31-27(37)25-26(29)30-14-22(28)32-25/h6-7,13-14,19H,2-5,8-12,15-17H2,1H3,(H2-,29,30,31,37)/p+1/t19-/m0/s1. The van der Waals surface area contributed by atoms with Crippen LogP contribution < -0.4 is 20.4 Å². The third kappa shape index (κ3) is 6.24. The van der Waals surface area contributed by atoms with Gasteiger partial charge < -0.3 is 25.4 Å². The summed E-state index contributed by atoms with van der Waals surface area (Å²) < 4.78 is 16.2. The van der Waals surface area contributed by atoms with E-state index in [4.69, 9.17) is 26.8 Å². The van der Waals surface area contributed by atoms with Gasteiger partial charge in [0.1, 0.15) is 24.0 Å². The van der Waals surface area contributed by atoms with Gasteiger partial charge in [-0.2, -0.15) is 10.5 Å². The summed E-state index contributed by atoms with van der Waals surface area (Å²) in [5, 5.41) is 3.02. The van der Waals surface area contributed by atoms with Crippen molar-refractivity contribution in [1.82, 2.24) is 24.8 Å². The molecular formula is C27H35ClN7O4S+. The summed E-state index contributed by atoms with van der Waals surface area (Å²) in [7, 11) is 0.148. The monoisotopic (exact) mass is 588 g/mol. The highest BCUT2D eigenvalue weighted by Gasteiger charge is 2.29. The first-order valence-electron chi connectivity index (χ1n) is 13.4. The van der Waals surface area contributed by atoms with Gasteiger partial charge in [-0.25, -0.2) is 19.1 Å². The zero-order chi connectivity index (χ0) is 28.2. The molecule has 3 N–H and O–H groups in total. The Morgan fingerprint density at radius 1 is 1.35 bits per heavy atom. The first kappa shape index (κ1) is 28.3. The van der Waals surface area contributed by atoms with Crippen molar-refractivity contribution in [2.24, 2.45) is 0 Å². The van der Waals surface area contributed by atoms with Crippen molar-refractivity contribution in [3.8, 4) is 5.75 Å². The lowest BCUT2D eigenvalue weighted by atomic mass is 10.2. The molecule has 40 heavy (non-hydrogen) atoms. The average molecular weight is 589 g/mol. The molecule has 0 radical (unpaired) electrons. The number of halogens is 1. The number of rotatable bonds is 9. The van der Waals surface area contributed by atoms with Crippen molar-refractivity contribution in [1.29, 1.82) is 0 Å². The van der Waals surface area contributed by atoms with Gasteiger partial charge in [-0.3, -0.25) is 9.59 Å². The summed E-state index contributed by atoms with van der Waals surface area (Å²) in [6, 6.07) is 5.83. The van der Waals surface area contributed by atoms with Gasteiger partial charge in [-0.15, -0.1) is 0 Å². The molecule has 0 unspecified atom stereocenters. The number of benzene rings is 1. The Balaban J connectivity index is 1.40. The summed E-state index contributed by atoms with van der Waals surface area (Å²) >= 11 is 5.94. The maximum Gasteiger partial charge on any atom is 0.277 e. The molecule has 1 aromatic carbocycles. The Kier molecular flexibility index (Phi) is 8.87. The molecule has 2 fully saturated rings. The number of ether oxygens (including phenoxy) is 2. The Hall–Kier alpha value is -3.22. The molecule has 11 nitrogen and oxygen atoms in total. The molecule has 2 aromatic heterocycles. The van der Waals surface area contributed by atoms with Gasteiger partial charge in [0, 0.05) is 37.3 Å². The molecule has 0 aliphatic carbocycles. The number of nitrogens with zero attached hydrogens (tertiary/aromatic N) is 5. The molecule has 2 aliphatic heterocycles. The molecule has 2 aliphatic rings. The number of hydrogen-bond acceptors (Lipinski definition) is 7. The minimum Gasteiger partial charge on any atom is -0.484 e. The third-order valence-electron chi connectivity index (χ3n) is 7.29. The predicted molar refractivity (Wildman–Crippen MR) is 156 cm³/mol. The molecule has 0 saturated carbocycles. The van der Waals surface area contributed by atoms with Gasteiger partial charge >= 0.3 is 0 Å². The van der Waals surface area contributed by atoms with Gasteiger partial charge in [0.05, 0.1) is 18.8 Å². The number of amides is 2. The van der Waals surface area contributed by atoms with Crippen molar-refractivity contribution in [2.45, 2.75) is 45.5 Å². The van der Waals surface area contributed by atoms with Crippen molar-refractivity contribution < 1.29 is 23.6 Å². The van der Waals surface area contributed by atoms with Crippen molar-refractivity contribution in [2.75, 3.05) is 43.5 Å². The van der Waals surface area contributed by atoms with Crippen LogP contribution in [0.1, 0.15) is 36.1 Å². The summed E-state index contributed by atoms with van der Waals surface area (Å²) in [5.74, 6) is 7.06. The van der Waals surface area contributed by atoms with E-state index in [2.05, 4.69) is 37.2 Å². The highest BCUT2D eigenvalue weighted by atomic mass is 35.5. The molecule has 214 valence electrons. The molecule has 2 amide bonds. The molecule has 0 spiro atoms. The average Bonchev–Trinajstić information content (AvgIpc) is 3.58. The van der Waals surface area contributed by atoms with E-state index in [1.165, 1.54) is 6.20 Å². The number of aryl methyl sites for hydroxylation is 1. The van der Waals surface area contributed by atoms with Gasteiger partial charge in [-0.1, -0.05) is 17.5 Å². The van der Waals surface area contributed by atoms with E-state index in [-0.39, 0.29) is 52.3 Å². The number of aromatic nitrogens is 4. The van der Waals surface area contributed by atoms with Crippen LogP contribution in [0.4, 0.5) is 5.82 Å². The van der Waals surface area contributed by atoms with Gasteiger partial charge in [-0.05, 0) is 31.9 Å². The van der Waals surface area contributed by atoms with Gasteiger partial charge in [0.15, 0.2) is 29.2 Å². The summed E-state index contributed by atoms with van der Waals surface area (Å²) in [4.78, 5) is 35.5. The molecule has 5 rings (SSSR count). The normalized spacial score (nSPS) is 17.9. The fourth-order valence-electron chi connectivity index (χ4n) is 5.17. The number of nitrogens with one attached hydrogen (secondary N) is 1. The van der Waals surface area contributed by atoms with E-state index in [0.717, 1.165) is 60.9 Å². The van der Waals surface area contributed by atoms with Crippen LogP contribution in [0.3, 0.4) is 0 Å². The summed E-state index contributed by atoms with van der Waals surface area (Å²) in [6.07, 6.45) is 3.34. The molecule has 1 atom stereocenters. The first-order chi connectivity index (χ1) is 19.3. The maximum absolute atomic E-state index is 13.0. The predicted octanol–water partition coefficient (Wildman–Crippen LogP) is 2.01. The number of fused-ring (bicyclic) bond motifs is 1. The van der Waals surface area contributed by atoms with E-state index in [0.29, 0.717) is 18.8 Å².